The number of carbonyl (C=O) groups excluding carboxylic acids is 1. The summed E-state index contributed by atoms with van der Waals surface area (Å²) in [5.41, 5.74) is 0. The smallest absolute Gasteiger partial charge is 0.139 e. The van der Waals surface area contributed by atoms with Gasteiger partial charge < -0.3 is 10.1 Å². The Morgan fingerprint density at radius 1 is 1.71 bits per heavy atom. The molecule has 0 saturated heterocycles. The molecule has 0 saturated carbocycles. The second kappa shape index (κ2) is 5.56. The summed E-state index contributed by atoms with van der Waals surface area (Å²) in [7, 11) is 0. The van der Waals surface area contributed by atoms with E-state index in [1.165, 1.54) is 5.41 Å². The first kappa shape index (κ1) is 6.56. The molecule has 0 rings (SSSR count). The van der Waals surface area contributed by atoms with Crippen LogP contribution in [0.5, 0.6) is 0 Å². The van der Waals surface area contributed by atoms with Gasteiger partial charge in [0.15, 0.2) is 0 Å². The SMILES string of the molecule is O=CCN/C=C\S. The highest BCUT2D eigenvalue weighted by Crippen LogP contribution is 1.68. The maximum atomic E-state index is 9.56. The van der Waals surface area contributed by atoms with Crippen LogP contribution in [0, 0.1) is 0 Å². The monoisotopic (exact) mass is 117 g/mol. The van der Waals surface area contributed by atoms with Crippen molar-refractivity contribution in [1.82, 2.24) is 5.32 Å². The van der Waals surface area contributed by atoms with Crippen LogP contribution < -0.4 is 5.32 Å². The van der Waals surface area contributed by atoms with Crippen LogP contribution in [0.3, 0.4) is 0 Å². The first-order valence-electron chi connectivity index (χ1n) is 1.88. The minimum absolute atomic E-state index is 0.358. The summed E-state index contributed by atoms with van der Waals surface area (Å²) < 4.78 is 0. The Balaban J connectivity index is 2.82. The second-order valence-electron chi connectivity index (χ2n) is 0.891. The number of rotatable bonds is 3. The zero-order valence-corrected chi connectivity index (χ0v) is 4.69. The highest BCUT2D eigenvalue weighted by molar-refractivity contribution is 7.83. The molecule has 7 heavy (non-hydrogen) atoms. The summed E-state index contributed by atoms with van der Waals surface area (Å²) in [6, 6.07) is 0. The lowest BCUT2D eigenvalue weighted by molar-refractivity contribution is -0.107. The van der Waals surface area contributed by atoms with Gasteiger partial charge in [-0.15, -0.1) is 12.6 Å². The van der Waals surface area contributed by atoms with Crippen molar-refractivity contribution in [2.24, 2.45) is 0 Å². The number of aldehydes is 1. The topological polar surface area (TPSA) is 29.1 Å². The predicted octanol–water partition coefficient (Wildman–Crippen LogP) is 0.176. The third kappa shape index (κ3) is 5.56. The summed E-state index contributed by atoms with van der Waals surface area (Å²) in [5.74, 6) is 0. The van der Waals surface area contributed by atoms with Gasteiger partial charge in [0.05, 0.1) is 6.54 Å². The Hall–Kier alpha value is -0.440. The van der Waals surface area contributed by atoms with Crippen molar-refractivity contribution < 1.29 is 4.79 Å². The number of nitrogens with one attached hydrogen (secondary N) is 1. The van der Waals surface area contributed by atoms with Crippen LogP contribution >= 0.6 is 12.6 Å². The Morgan fingerprint density at radius 3 is 2.86 bits per heavy atom. The molecule has 0 radical (unpaired) electrons. The van der Waals surface area contributed by atoms with E-state index in [0.717, 1.165) is 6.29 Å². The molecule has 0 amide bonds. The van der Waals surface area contributed by atoms with Crippen LogP contribution in [-0.2, 0) is 4.79 Å². The summed E-state index contributed by atoms with van der Waals surface area (Å²) >= 11 is 3.73. The van der Waals surface area contributed by atoms with Crippen molar-refractivity contribution in [2.45, 2.75) is 0 Å². The van der Waals surface area contributed by atoms with Crippen molar-refractivity contribution in [1.29, 1.82) is 0 Å². The van der Waals surface area contributed by atoms with Crippen molar-refractivity contribution in [3.05, 3.63) is 11.6 Å². The van der Waals surface area contributed by atoms with Crippen molar-refractivity contribution >= 4 is 18.9 Å². The van der Waals surface area contributed by atoms with Crippen molar-refractivity contribution in [3.8, 4) is 0 Å². The van der Waals surface area contributed by atoms with E-state index in [1.54, 1.807) is 6.20 Å². The van der Waals surface area contributed by atoms with Gasteiger partial charge in [0.25, 0.3) is 0 Å². The summed E-state index contributed by atoms with van der Waals surface area (Å²) in [6.45, 7) is 0.358. The van der Waals surface area contributed by atoms with Crippen LogP contribution in [0.4, 0.5) is 0 Å². The van der Waals surface area contributed by atoms with Crippen LogP contribution in [0.1, 0.15) is 0 Å². The highest BCUT2D eigenvalue weighted by Gasteiger charge is 1.67. The first-order valence-corrected chi connectivity index (χ1v) is 2.39. The standard InChI is InChI=1S/C4H7NOS/c6-3-1-5-2-4-7/h2-5,7H,1H2/b4-2-. The van der Waals surface area contributed by atoms with Gasteiger partial charge >= 0.3 is 0 Å². The largest absolute Gasteiger partial charge is 0.384 e. The van der Waals surface area contributed by atoms with Gasteiger partial charge in [0.1, 0.15) is 6.29 Å². The molecule has 0 aliphatic heterocycles. The number of thiol groups is 1. The lowest BCUT2D eigenvalue weighted by Crippen LogP contribution is -2.06. The molecular formula is C4H7NOS. The molecule has 0 aromatic rings. The summed E-state index contributed by atoms with van der Waals surface area (Å²) in [6.07, 6.45) is 2.38. The van der Waals surface area contributed by atoms with E-state index < -0.39 is 0 Å². The lowest BCUT2D eigenvalue weighted by atomic mass is 10.7. The third-order valence-corrected chi connectivity index (χ3v) is 0.543. The number of carbonyl (C=O) groups is 1. The van der Waals surface area contributed by atoms with E-state index in [-0.39, 0.29) is 0 Å². The quantitative estimate of drug-likeness (QED) is 0.313. The minimum Gasteiger partial charge on any atom is -0.384 e. The van der Waals surface area contributed by atoms with Crippen molar-refractivity contribution in [2.75, 3.05) is 6.54 Å². The normalized spacial score (nSPS) is 9.29. The average molecular weight is 117 g/mol. The number of hydrogen-bond acceptors (Lipinski definition) is 3. The molecule has 0 aromatic heterocycles. The van der Waals surface area contributed by atoms with Crippen LogP contribution in [0.15, 0.2) is 11.6 Å². The Morgan fingerprint density at radius 2 is 2.43 bits per heavy atom. The molecule has 0 aliphatic carbocycles. The first-order chi connectivity index (χ1) is 3.41. The maximum absolute atomic E-state index is 9.56. The number of hydrogen-bond donors (Lipinski definition) is 2. The van der Waals surface area contributed by atoms with Crippen LogP contribution in [0.2, 0.25) is 0 Å². The summed E-state index contributed by atoms with van der Waals surface area (Å²) in [5, 5.41) is 4.19. The molecule has 1 N–H and O–H groups in total. The highest BCUT2D eigenvalue weighted by atomic mass is 32.1. The molecule has 0 atom stereocenters. The molecule has 3 heteroatoms. The fourth-order valence-corrected chi connectivity index (χ4v) is 0.274. The zero-order chi connectivity index (χ0) is 5.54. The third-order valence-electron chi connectivity index (χ3n) is 0.394. The zero-order valence-electron chi connectivity index (χ0n) is 3.79. The van der Waals surface area contributed by atoms with Gasteiger partial charge in [-0.2, -0.15) is 0 Å². The molecule has 0 heterocycles. The van der Waals surface area contributed by atoms with E-state index >= 15 is 0 Å². The van der Waals surface area contributed by atoms with Gasteiger partial charge in [0, 0.05) is 6.20 Å². The van der Waals surface area contributed by atoms with E-state index in [9.17, 15) is 4.79 Å². The Kier molecular flexibility index (Phi) is 5.21. The minimum atomic E-state index is 0.358. The van der Waals surface area contributed by atoms with Gasteiger partial charge in [0.2, 0.25) is 0 Å². The van der Waals surface area contributed by atoms with E-state index in [1.807, 2.05) is 0 Å². The van der Waals surface area contributed by atoms with E-state index in [2.05, 4.69) is 17.9 Å². The lowest BCUT2D eigenvalue weighted by Gasteiger charge is -1.84. The van der Waals surface area contributed by atoms with Crippen LogP contribution in [0.25, 0.3) is 0 Å². The van der Waals surface area contributed by atoms with Gasteiger partial charge in [-0.25, -0.2) is 0 Å². The molecule has 0 unspecified atom stereocenters. The van der Waals surface area contributed by atoms with Crippen LogP contribution in [-0.4, -0.2) is 12.8 Å². The molecule has 0 spiro atoms. The molecule has 0 aromatic carbocycles. The van der Waals surface area contributed by atoms with Gasteiger partial charge in [-0.3, -0.25) is 0 Å². The molecule has 0 bridgehead atoms. The summed E-state index contributed by atoms with van der Waals surface area (Å²) in [4.78, 5) is 9.56. The van der Waals surface area contributed by atoms with Gasteiger partial charge in [-0.05, 0) is 5.41 Å². The van der Waals surface area contributed by atoms with E-state index in [4.69, 9.17) is 0 Å². The molecule has 40 valence electrons. The van der Waals surface area contributed by atoms with Crippen molar-refractivity contribution in [3.63, 3.8) is 0 Å². The fourth-order valence-electron chi connectivity index (χ4n) is 0.169. The maximum Gasteiger partial charge on any atom is 0.139 e. The van der Waals surface area contributed by atoms with E-state index in [0.29, 0.717) is 6.54 Å². The average Bonchev–Trinajstić information content (AvgIpc) is 1.69. The molecular weight excluding hydrogens is 110 g/mol. The fraction of sp³-hybridized carbons (Fsp3) is 0.250. The predicted molar refractivity (Wildman–Crippen MR) is 32.2 cm³/mol. The Bertz CT molecular complexity index is 72.1. The molecule has 0 aliphatic rings. The molecule has 0 fully saturated rings. The Labute approximate surface area is 48.0 Å². The second-order valence-corrected chi connectivity index (χ2v) is 1.19. The molecule has 2 nitrogen and oxygen atoms in total. The van der Waals surface area contributed by atoms with Gasteiger partial charge in [-0.1, -0.05) is 0 Å².